The zero-order valence-corrected chi connectivity index (χ0v) is 15.5. The van der Waals surface area contributed by atoms with Gasteiger partial charge in [-0.15, -0.1) is 11.6 Å². The molecule has 0 bridgehead atoms. The van der Waals surface area contributed by atoms with E-state index in [4.69, 9.17) is 34.8 Å². The van der Waals surface area contributed by atoms with E-state index in [1.807, 2.05) is 0 Å². The highest BCUT2D eigenvalue weighted by atomic mass is 35.5. The number of sulfone groups is 1. The maximum absolute atomic E-state index is 12.0. The molecule has 1 saturated heterocycles. The van der Waals surface area contributed by atoms with Crippen LogP contribution >= 0.6 is 34.8 Å². The van der Waals surface area contributed by atoms with Crippen molar-refractivity contribution in [1.82, 2.24) is 10.2 Å². The number of benzene rings is 1. The molecule has 0 aromatic heterocycles. The topological polar surface area (TPSA) is 66.5 Å². The van der Waals surface area contributed by atoms with Crippen molar-refractivity contribution < 1.29 is 13.2 Å². The van der Waals surface area contributed by atoms with Crippen LogP contribution in [-0.2, 0) is 21.2 Å². The molecule has 0 unspecified atom stereocenters. The molecule has 0 aliphatic carbocycles. The van der Waals surface area contributed by atoms with Crippen LogP contribution in [0.3, 0.4) is 0 Å². The highest BCUT2D eigenvalue weighted by molar-refractivity contribution is 7.91. The Balaban J connectivity index is 1.87. The van der Waals surface area contributed by atoms with E-state index in [1.165, 1.54) is 0 Å². The lowest BCUT2D eigenvalue weighted by atomic mass is 10.2. The van der Waals surface area contributed by atoms with Gasteiger partial charge in [0.25, 0.3) is 0 Å². The molecular formula is C14H17Cl3N2O3S. The number of nitrogens with zero attached hydrogens (tertiary/aromatic N) is 1. The first kappa shape index (κ1) is 18.8. The van der Waals surface area contributed by atoms with Crippen molar-refractivity contribution in [2.24, 2.45) is 0 Å². The van der Waals surface area contributed by atoms with E-state index in [0.29, 0.717) is 16.6 Å². The fourth-order valence-corrected chi connectivity index (χ4v) is 5.45. The monoisotopic (exact) mass is 398 g/mol. The van der Waals surface area contributed by atoms with Crippen LogP contribution in [0.15, 0.2) is 18.2 Å². The van der Waals surface area contributed by atoms with E-state index >= 15 is 0 Å². The maximum Gasteiger partial charge on any atom is 0.234 e. The van der Waals surface area contributed by atoms with E-state index < -0.39 is 21.3 Å². The molecule has 0 spiro atoms. The number of carbonyl (C=O) groups excluding carboxylic acids is 1. The zero-order chi connectivity index (χ0) is 17.2. The van der Waals surface area contributed by atoms with Crippen LogP contribution in [-0.4, -0.2) is 55.7 Å². The van der Waals surface area contributed by atoms with Gasteiger partial charge in [-0.05, 0) is 24.7 Å². The van der Waals surface area contributed by atoms with Gasteiger partial charge in [-0.25, -0.2) is 8.42 Å². The third-order valence-corrected chi connectivity index (χ3v) is 6.46. The normalized spacial score (nSPS) is 23.2. The van der Waals surface area contributed by atoms with Crippen molar-refractivity contribution in [3.63, 3.8) is 0 Å². The Labute approximate surface area is 150 Å². The lowest BCUT2D eigenvalue weighted by Crippen LogP contribution is -2.44. The fourth-order valence-electron chi connectivity index (χ4n) is 2.43. The highest BCUT2D eigenvalue weighted by Crippen LogP contribution is 2.22. The average molecular weight is 400 g/mol. The minimum Gasteiger partial charge on any atom is -0.350 e. The number of hydrogen-bond acceptors (Lipinski definition) is 4. The molecule has 1 aliphatic heterocycles. The third-order valence-electron chi connectivity index (χ3n) is 3.50. The summed E-state index contributed by atoms with van der Waals surface area (Å²) in [6.45, 7) is 0.579. The predicted molar refractivity (Wildman–Crippen MR) is 93.0 cm³/mol. The van der Waals surface area contributed by atoms with Crippen molar-refractivity contribution in [2.75, 3.05) is 25.1 Å². The van der Waals surface area contributed by atoms with Crippen molar-refractivity contribution >= 4 is 50.5 Å². The summed E-state index contributed by atoms with van der Waals surface area (Å²) in [7, 11) is -1.40. The fraction of sp³-hybridized carbons (Fsp3) is 0.500. The summed E-state index contributed by atoms with van der Waals surface area (Å²) in [5, 5.41) is 3.18. The van der Waals surface area contributed by atoms with Crippen LogP contribution in [0.25, 0.3) is 0 Å². The van der Waals surface area contributed by atoms with E-state index in [2.05, 4.69) is 5.32 Å². The lowest BCUT2D eigenvalue weighted by Gasteiger charge is -2.20. The van der Waals surface area contributed by atoms with Crippen LogP contribution in [0.2, 0.25) is 10.0 Å². The number of carbonyl (C=O) groups is 1. The van der Waals surface area contributed by atoms with Gasteiger partial charge in [0.2, 0.25) is 5.91 Å². The summed E-state index contributed by atoms with van der Waals surface area (Å²) in [6.07, 6.45) is 0. The molecular weight excluding hydrogens is 383 g/mol. The summed E-state index contributed by atoms with van der Waals surface area (Å²) in [5.74, 6) is -0.486. The van der Waals surface area contributed by atoms with Crippen molar-refractivity contribution in [2.45, 2.75) is 18.0 Å². The quantitative estimate of drug-likeness (QED) is 0.769. The molecule has 23 heavy (non-hydrogen) atoms. The Morgan fingerprint density at radius 1 is 1.35 bits per heavy atom. The molecule has 9 heteroatoms. The second-order valence-electron chi connectivity index (χ2n) is 5.67. The molecule has 128 valence electrons. The lowest BCUT2D eigenvalue weighted by molar-refractivity contribution is -0.122. The number of halogens is 3. The van der Waals surface area contributed by atoms with Crippen LogP contribution in [0.5, 0.6) is 0 Å². The highest BCUT2D eigenvalue weighted by Gasteiger charge is 2.37. The van der Waals surface area contributed by atoms with Crippen LogP contribution < -0.4 is 5.32 Å². The van der Waals surface area contributed by atoms with E-state index in [0.717, 1.165) is 5.56 Å². The molecule has 2 rings (SSSR count). The number of nitrogens with one attached hydrogen (secondary N) is 1. The first-order chi connectivity index (χ1) is 10.7. The number of likely N-dealkylation sites (N-methyl/N-ethyl adjacent to an activating group) is 1. The molecule has 5 nitrogen and oxygen atoms in total. The summed E-state index contributed by atoms with van der Waals surface area (Å²) in [6, 6.07) is 4.64. The number of amides is 1. The van der Waals surface area contributed by atoms with E-state index in [9.17, 15) is 13.2 Å². The van der Waals surface area contributed by atoms with E-state index in [-0.39, 0.29) is 24.0 Å². The van der Waals surface area contributed by atoms with Gasteiger partial charge in [0.15, 0.2) is 9.84 Å². The third kappa shape index (κ3) is 5.50. The van der Waals surface area contributed by atoms with Crippen LogP contribution in [0, 0.1) is 0 Å². The maximum atomic E-state index is 12.0. The van der Waals surface area contributed by atoms with Gasteiger partial charge >= 0.3 is 0 Å². The molecule has 1 heterocycles. The molecule has 1 aromatic rings. The standard InChI is InChI=1S/C14H17Cl3N2O3S/c1-19(5-9-2-3-10(15)4-11(9)16)6-14(20)18-13-8-23(21,22)7-12(13)17/h2-4,12-13H,5-8H2,1H3,(H,18,20)/t12-,13-/m0/s1. The number of alkyl halides is 1. The van der Waals surface area contributed by atoms with Gasteiger partial charge in [-0.1, -0.05) is 29.3 Å². The Hall–Kier alpha value is -0.530. The SMILES string of the molecule is CN(CC(=O)N[C@H]1CS(=O)(=O)C[C@@H]1Cl)Cc1ccc(Cl)cc1Cl. The summed E-state index contributed by atoms with van der Waals surface area (Å²) < 4.78 is 23.0. The molecule has 0 radical (unpaired) electrons. The van der Waals surface area contributed by atoms with E-state index in [1.54, 1.807) is 30.1 Å². The Bertz CT molecular complexity index is 697. The average Bonchev–Trinajstić information content (AvgIpc) is 2.65. The van der Waals surface area contributed by atoms with Gasteiger partial charge in [0.1, 0.15) is 0 Å². The molecule has 1 aromatic carbocycles. The molecule has 1 aliphatic rings. The predicted octanol–water partition coefficient (Wildman–Crippen LogP) is 1.95. The summed E-state index contributed by atoms with van der Waals surface area (Å²) >= 11 is 17.9. The Morgan fingerprint density at radius 3 is 2.61 bits per heavy atom. The molecule has 2 atom stereocenters. The Morgan fingerprint density at radius 2 is 2.04 bits per heavy atom. The first-order valence-corrected chi connectivity index (χ1v) is 9.94. The van der Waals surface area contributed by atoms with Crippen LogP contribution in [0.1, 0.15) is 5.56 Å². The van der Waals surface area contributed by atoms with Crippen molar-refractivity contribution in [3.05, 3.63) is 33.8 Å². The molecule has 1 fully saturated rings. The second-order valence-corrected chi connectivity index (χ2v) is 9.23. The smallest absolute Gasteiger partial charge is 0.234 e. The van der Waals surface area contributed by atoms with Gasteiger partial charge in [-0.3, -0.25) is 9.69 Å². The van der Waals surface area contributed by atoms with Crippen molar-refractivity contribution in [3.8, 4) is 0 Å². The minimum atomic E-state index is -3.17. The summed E-state index contributed by atoms with van der Waals surface area (Å²) in [4.78, 5) is 13.8. The number of hydrogen-bond donors (Lipinski definition) is 1. The second kappa shape index (κ2) is 7.57. The summed E-state index contributed by atoms with van der Waals surface area (Å²) in [5.41, 5.74) is 0.852. The first-order valence-electron chi connectivity index (χ1n) is 6.92. The van der Waals surface area contributed by atoms with Gasteiger partial charge in [0.05, 0.1) is 29.5 Å². The largest absolute Gasteiger partial charge is 0.350 e. The Kier molecular flexibility index (Phi) is 6.19. The molecule has 1 amide bonds. The number of rotatable bonds is 5. The van der Waals surface area contributed by atoms with Crippen molar-refractivity contribution in [1.29, 1.82) is 0 Å². The van der Waals surface area contributed by atoms with Gasteiger partial charge in [-0.2, -0.15) is 0 Å². The molecule has 1 N–H and O–H groups in total. The molecule has 0 saturated carbocycles. The minimum absolute atomic E-state index is 0.101. The zero-order valence-electron chi connectivity index (χ0n) is 12.4. The van der Waals surface area contributed by atoms with Gasteiger partial charge in [0, 0.05) is 16.6 Å². The van der Waals surface area contributed by atoms with Gasteiger partial charge < -0.3 is 5.32 Å². The van der Waals surface area contributed by atoms with Crippen LogP contribution in [0.4, 0.5) is 0 Å².